The summed E-state index contributed by atoms with van der Waals surface area (Å²) in [6, 6.07) is 0. The zero-order valence-corrected chi connectivity index (χ0v) is 12.1. The Kier molecular flexibility index (Phi) is 3.73. The highest BCUT2D eigenvalue weighted by Crippen LogP contribution is 2.37. The van der Waals surface area contributed by atoms with Crippen molar-refractivity contribution < 1.29 is 9.90 Å². The van der Waals surface area contributed by atoms with E-state index in [1.54, 1.807) is 11.3 Å². The summed E-state index contributed by atoms with van der Waals surface area (Å²) in [5.74, 6) is -0.653. The molecule has 1 aromatic heterocycles. The number of aromatic nitrogens is 1. The molecule has 0 amide bonds. The summed E-state index contributed by atoms with van der Waals surface area (Å²) in [4.78, 5) is 17.9. The number of hydrogen-bond donors (Lipinski definition) is 1. The van der Waals surface area contributed by atoms with Crippen LogP contribution < -0.4 is 4.90 Å². The van der Waals surface area contributed by atoms with Gasteiger partial charge in [0.25, 0.3) is 0 Å². The molecule has 1 fully saturated rings. The second kappa shape index (κ2) is 4.94. The average Bonchev–Trinajstić information content (AvgIpc) is 2.76. The number of carbonyl (C=O) groups is 1. The Hall–Kier alpha value is -0.620. The largest absolute Gasteiger partial charge is 0.481 e. The van der Waals surface area contributed by atoms with E-state index in [0.717, 1.165) is 22.8 Å². The molecule has 1 aromatic rings. The molecule has 0 aliphatic carbocycles. The van der Waals surface area contributed by atoms with Gasteiger partial charge in [-0.15, -0.1) is 11.3 Å². The summed E-state index contributed by atoms with van der Waals surface area (Å²) < 4.78 is 0.850. The Labute approximate surface area is 113 Å². The van der Waals surface area contributed by atoms with Crippen LogP contribution in [0, 0.1) is 5.41 Å². The molecule has 6 heteroatoms. The second-order valence-electron chi connectivity index (χ2n) is 4.38. The fraction of sp³-hybridized carbons (Fsp3) is 0.636. The van der Waals surface area contributed by atoms with Crippen LogP contribution in [0.2, 0.25) is 0 Å². The van der Waals surface area contributed by atoms with Gasteiger partial charge in [-0.25, -0.2) is 4.98 Å². The van der Waals surface area contributed by atoms with Crippen LogP contribution in [0.4, 0.5) is 5.13 Å². The Balaban J connectivity index is 2.05. The van der Waals surface area contributed by atoms with Crippen molar-refractivity contribution in [1.29, 1.82) is 0 Å². The van der Waals surface area contributed by atoms with Gasteiger partial charge in [0.15, 0.2) is 5.13 Å². The molecule has 0 radical (unpaired) electrons. The highest BCUT2D eigenvalue weighted by Gasteiger charge is 2.40. The lowest BCUT2D eigenvalue weighted by atomic mass is 9.76. The predicted octanol–water partition coefficient (Wildman–Crippen LogP) is 2.99. The first-order valence-electron chi connectivity index (χ1n) is 5.67. The number of hydrogen-bond acceptors (Lipinski definition) is 4. The summed E-state index contributed by atoms with van der Waals surface area (Å²) in [5, 5.41) is 12.2. The van der Waals surface area contributed by atoms with E-state index in [-0.39, 0.29) is 0 Å². The van der Waals surface area contributed by atoms with Crippen molar-refractivity contribution >= 4 is 38.4 Å². The van der Waals surface area contributed by atoms with Crippen LogP contribution >= 0.6 is 27.3 Å². The first kappa shape index (κ1) is 12.8. The molecule has 94 valence electrons. The first-order valence-corrected chi connectivity index (χ1v) is 7.34. The average molecular weight is 319 g/mol. The van der Waals surface area contributed by atoms with Gasteiger partial charge >= 0.3 is 5.97 Å². The lowest BCUT2D eigenvalue weighted by Gasteiger charge is -2.38. The van der Waals surface area contributed by atoms with E-state index in [1.807, 2.05) is 12.3 Å². The zero-order valence-electron chi connectivity index (χ0n) is 9.65. The Morgan fingerprint density at radius 2 is 2.29 bits per heavy atom. The minimum Gasteiger partial charge on any atom is -0.481 e. The number of aliphatic carboxylic acids is 1. The van der Waals surface area contributed by atoms with Crippen LogP contribution in [-0.4, -0.2) is 29.1 Å². The van der Waals surface area contributed by atoms with E-state index in [4.69, 9.17) is 0 Å². The lowest BCUT2D eigenvalue weighted by Crippen LogP contribution is -2.44. The molecule has 2 rings (SSSR count). The van der Waals surface area contributed by atoms with Crippen molar-refractivity contribution in [3.05, 3.63) is 9.98 Å². The summed E-state index contributed by atoms with van der Waals surface area (Å²) in [5.41, 5.74) is -0.523. The Morgan fingerprint density at radius 3 is 2.71 bits per heavy atom. The van der Waals surface area contributed by atoms with Crippen LogP contribution in [0.3, 0.4) is 0 Å². The third kappa shape index (κ3) is 2.47. The molecule has 1 aliphatic heterocycles. The first-order chi connectivity index (χ1) is 8.07. The molecule has 0 spiro atoms. The third-order valence-electron chi connectivity index (χ3n) is 3.59. The lowest BCUT2D eigenvalue weighted by molar-refractivity contribution is -0.150. The molecule has 0 bridgehead atoms. The number of piperidine rings is 1. The fourth-order valence-corrected chi connectivity index (χ4v) is 3.54. The molecule has 2 heterocycles. The summed E-state index contributed by atoms with van der Waals surface area (Å²) >= 11 is 4.93. The van der Waals surface area contributed by atoms with Crippen molar-refractivity contribution in [2.75, 3.05) is 18.0 Å². The molecular weight excluding hydrogens is 304 g/mol. The maximum Gasteiger partial charge on any atom is 0.309 e. The van der Waals surface area contributed by atoms with E-state index in [1.165, 1.54) is 0 Å². The molecule has 1 aliphatic rings. The minimum atomic E-state index is -0.653. The molecule has 1 N–H and O–H groups in total. The maximum atomic E-state index is 11.3. The van der Waals surface area contributed by atoms with E-state index >= 15 is 0 Å². The van der Waals surface area contributed by atoms with Gasteiger partial charge in [-0.05, 0) is 35.2 Å². The Morgan fingerprint density at radius 1 is 1.65 bits per heavy atom. The van der Waals surface area contributed by atoms with Gasteiger partial charge in [-0.2, -0.15) is 0 Å². The molecule has 0 unspecified atom stereocenters. The van der Waals surface area contributed by atoms with Gasteiger partial charge in [0.1, 0.15) is 4.60 Å². The molecule has 0 aromatic carbocycles. The topological polar surface area (TPSA) is 53.4 Å². The van der Waals surface area contributed by atoms with Crippen LogP contribution in [0.5, 0.6) is 0 Å². The molecule has 0 saturated carbocycles. The minimum absolute atomic E-state index is 0.523. The van der Waals surface area contributed by atoms with Crippen LogP contribution in [-0.2, 0) is 4.79 Å². The highest BCUT2D eigenvalue weighted by atomic mass is 79.9. The van der Waals surface area contributed by atoms with Gasteiger partial charge in [-0.1, -0.05) is 6.92 Å². The van der Waals surface area contributed by atoms with Gasteiger partial charge in [0.2, 0.25) is 0 Å². The number of carboxylic acid groups (broad SMARTS) is 1. The monoisotopic (exact) mass is 318 g/mol. The van der Waals surface area contributed by atoms with E-state index in [9.17, 15) is 9.90 Å². The van der Waals surface area contributed by atoms with Crippen molar-refractivity contribution in [1.82, 2.24) is 4.98 Å². The molecular formula is C11H15BrN2O2S. The van der Waals surface area contributed by atoms with Gasteiger partial charge in [0, 0.05) is 18.5 Å². The normalized spacial score (nSPS) is 19.3. The number of carboxylic acids is 1. The van der Waals surface area contributed by atoms with Gasteiger partial charge in [-0.3, -0.25) is 4.79 Å². The molecule has 0 atom stereocenters. The van der Waals surface area contributed by atoms with E-state index in [2.05, 4.69) is 25.8 Å². The number of thiazole rings is 1. The van der Waals surface area contributed by atoms with Crippen molar-refractivity contribution in [3.63, 3.8) is 0 Å². The summed E-state index contributed by atoms with van der Waals surface area (Å²) in [6.07, 6.45) is 2.11. The van der Waals surface area contributed by atoms with Crippen molar-refractivity contribution in [3.8, 4) is 0 Å². The number of anilines is 1. The van der Waals surface area contributed by atoms with Crippen LogP contribution in [0.1, 0.15) is 26.2 Å². The fourth-order valence-electron chi connectivity index (χ4n) is 2.24. The number of halogens is 1. The van der Waals surface area contributed by atoms with E-state index in [0.29, 0.717) is 19.3 Å². The maximum absolute atomic E-state index is 11.3. The quantitative estimate of drug-likeness (QED) is 0.930. The molecule has 1 saturated heterocycles. The van der Waals surface area contributed by atoms with Crippen molar-refractivity contribution in [2.45, 2.75) is 26.2 Å². The molecule has 4 nitrogen and oxygen atoms in total. The number of nitrogens with zero attached hydrogens (tertiary/aromatic N) is 2. The third-order valence-corrected chi connectivity index (χ3v) is 5.20. The van der Waals surface area contributed by atoms with E-state index < -0.39 is 11.4 Å². The van der Waals surface area contributed by atoms with Gasteiger partial charge in [0.05, 0.1) is 5.41 Å². The van der Waals surface area contributed by atoms with Gasteiger partial charge < -0.3 is 10.0 Å². The number of rotatable bonds is 3. The summed E-state index contributed by atoms with van der Waals surface area (Å²) in [6.45, 7) is 3.52. The van der Waals surface area contributed by atoms with Crippen LogP contribution in [0.25, 0.3) is 0 Å². The predicted molar refractivity (Wildman–Crippen MR) is 71.6 cm³/mol. The zero-order chi connectivity index (χ0) is 12.5. The van der Waals surface area contributed by atoms with Crippen molar-refractivity contribution in [2.24, 2.45) is 5.41 Å². The smallest absolute Gasteiger partial charge is 0.309 e. The summed E-state index contributed by atoms with van der Waals surface area (Å²) in [7, 11) is 0. The highest BCUT2D eigenvalue weighted by molar-refractivity contribution is 9.10. The van der Waals surface area contributed by atoms with Crippen LogP contribution in [0.15, 0.2) is 9.98 Å². The molecule has 17 heavy (non-hydrogen) atoms. The SMILES string of the molecule is CCC1(C(=O)O)CCN(c2nc(Br)cs2)CC1. The standard InChI is InChI=1S/C11H15BrN2O2S/c1-2-11(9(15)16)3-5-14(6-4-11)10-13-8(12)7-17-10/h7H,2-6H2,1H3,(H,15,16). The second-order valence-corrected chi connectivity index (χ2v) is 6.03. The Bertz CT molecular complexity index is 413.